The Balaban J connectivity index is 2.18. The zero-order valence-electron chi connectivity index (χ0n) is 8.46. The van der Waals surface area contributed by atoms with Crippen LogP contribution in [0.5, 0.6) is 0 Å². The molecule has 0 aromatic carbocycles. The summed E-state index contributed by atoms with van der Waals surface area (Å²) >= 11 is 1.53. The molecule has 1 heterocycles. The van der Waals surface area contributed by atoms with Gasteiger partial charge in [-0.1, -0.05) is 5.16 Å². The van der Waals surface area contributed by atoms with E-state index < -0.39 is 12.0 Å². The number of carbonyl (C=O) groups is 2. The van der Waals surface area contributed by atoms with E-state index in [1.165, 1.54) is 11.8 Å². The van der Waals surface area contributed by atoms with Crippen molar-refractivity contribution in [2.75, 3.05) is 5.75 Å². The quantitative estimate of drug-likeness (QED) is 0.511. The zero-order valence-corrected chi connectivity index (χ0v) is 9.27. The molecule has 0 aliphatic carbocycles. The van der Waals surface area contributed by atoms with Gasteiger partial charge < -0.3 is 14.9 Å². The lowest BCUT2D eigenvalue weighted by Crippen LogP contribution is -2.36. The Morgan fingerprint density at radius 3 is 3.12 bits per heavy atom. The van der Waals surface area contributed by atoms with Crippen LogP contribution in [0.15, 0.2) is 16.8 Å². The van der Waals surface area contributed by atoms with Gasteiger partial charge in [0.2, 0.25) is 6.41 Å². The van der Waals surface area contributed by atoms with Gasteiger partial charge >= 0.3 is 5.97 Å². The SMILES string of the molecule is O=CNC(CCSCc1ccno1)C(=O)O. The van der Waals surface area contributed by atoms with Crippen molar-refractivity contribution in [3.05, 3.63) is 18.0 Å². The van der Waals surface area contributed by atoms with Gasteiger partial charge in [-0.25, -0.2) is 4.79 Å². The molecule has 16 heavy (non-hydrogen) atoms. The largest absolute Gasteiger partial charge is 0.480 e. The summed E-state index contributed by atoms with van der Waals surface area (Å²) in [4.78, 5) is 20.8. The maximum absolute atomic E-state index is 10.7. The van der Waals surface area contributed by atoms with Crippen LogP contribution in [0.4, 0.5) is 0 Å². The van der Waals surface area contributed by atoms with Crippen LogP contribution in [0, 0.1) is 0 Å². The number of hydrogen-bond donors (Lipinski definition) is 2. The molecule has 88 valence electrons. The number of hydrogen-bond acceptors (Lipinski definition) is 5. The standard InChI is InChI=1S/C9H12N2O4S/c12-6-10-8(9(13)14)2-4-16-5-7-1-3-11-15-7/h1,3,6,8H,2,4-5H2,(H,10,12)(H,13,14). The van der Waals surface area contributed by atoms with Gasteiger partial charge in [0, 0.05) is 6.07 Å². The predicted octanol–water partition coefficient (Wildman–Crippen LogP) is 0.497. The minimum Gasteiger partial charge on any atom is -0.480 e. The van der Waals surface area contributed by atoms with Crippen molar-refractivity contribution in [1.29, 1.82) is 0 Å². The van der Waals surface area contributed by atoms with Crippen molar-refractivity contribution in [1.82, 2.24) is 10.5 Å². The Morgan fingerprint density at radius 1 is 1.75 bits per heavy atom. The first-order valence-electron chi connectivity index (χ1n) is 4.64. The minimum atomic E-state index is -1.02. The zero-order chi connectivity index (χ0) is 11.8. The highest BCUT2D eigenvalue weighted by molar-refractivity contribution is 7.98. The average Bonchev–Trinajstić information content (AvgIpc) is 2.75. The molecule has 7 heteroatoms. The molecule has 0 aliphatic heterocycles. The molecule has 1 amide bonds. The second-order valence-corrected chi connectivity index (χ2v) is 4.10. The second kappa shape index (κ2) is 6.89. The molecule has 0 radical (unpaired) electrons. The number of nitrogens with one attached hydrogen (secondary N) is 1. The fraction of sp³-hybridized carbons (Fsp3) is 0.444. The van der Waals surface area contributed by atoms with E-state index in [0.717, 1.165) is 5.76 Å². The third-order valence-electron chi connectivity index (χ3n) is 1.85. The highest BCUT2D eigenvalue weighted by atomic mass is 32.2. The molecule has 1 aromatic rings. The molecular formula is C9H12N2O4S. The number of amides is 1. The normalized spacial score (nSPS) is 12.0. The molecule has 1 unspecified atom stereocenters. The topological polar surface area (TPSA) is 92.4 Å². The first-order valence-corrected chi connectivity index (χ1v) is 5.79. The highest BCUT2D eigenvalue weighted by Gasteiger charge is 2.15. The number of carboxylic acid groups (broad SMARTS) is 1. The van der Waals surface area contributed by atoms with E-state index >= 15 is 0 Å². The van der Waals surface area contributed by atoms with Gasteiger partial charge in [-0.2, -0.15) is 11.8 Å². The van der Waals surface area contributed by atoms with Gasteiger partial charge in [0.15, 0.2) is 0 Å². The van der Waals surface area contributed by atoms with E-state index in [4.69, 9.17) is 9.63 Å². The Bertz CT molecular complexity index is 328. The first-order chi connectivity index (χ1) is 7.74. The number of aliphatic carboxylic acids is 1. The molecule has 1 aromatic heterocycles. The molecule has 1 rings (SSSR count). The Hall–Kier alpha value is -1.50. The van der Waals surface area contributed by atoms with Crippen LogP contribution < -0.4 is 5.32 Å². The van der Waals surface area contributed by atoms with Crippen molar-refractivity contribution in [3.8, 4) is 0 Å². The fourth-order valence-corrected chi connectivity index (χ4v) is 1.95. The summed E-state index contributed by atoms with van der Waals surface area (Å²) in [5.74, 6) is 0.999. The molecule has 1 atom stereocenters. The molecule has 2 N–H and O–H groups in total. The molecule has 0 saturated heterocycles. The molecule has 0 saturated carbocycles. The molecule has 0 fully saturated rings. The number of nitrogens with zero attached hydrogens (tertiary/aromatic N) is 1. The summed E-state index contributed by atoms with van der Waals surface area (Å²) in [5.41, 5.74) is 0. The lowest BCUT2D eigenvalue weighted by molar-refractivity contribution is -0.140. The van der Waals surface area contributed by atoms with Crippen molar-refractivity contribution < 1.29 is 19.2 Å². The lowest BCUT2D eigenvalue weighted by atomic mass is 10.2. The monoisotopic (exact) mass is 244 g/mol. The summed E-state index contributed by atoms with van der Waals surface area (Å²) in [6.07, 6.45) is 2.34. The minimum absolute atomic E-state index is 0.382. The van der Waals surface area contributed by atoms with E-state index in [9.17, 15) is 9.59 Å². The summed E-state index contributed by atoms with van der Waals surface area (Å²) in [6.45, 7) is 0. The number of thioether (sulfide) groups is 1. The van der Waals surface area contributed by atoms with E-state index in [1.807, 2.05) is 0 Å². The van der Waals surface area contributed by atoms with Crippen LogP contribution in [-0.2, 0) is 15.3 Å². The maximum Gasteiger partial charge on any atom is 0.326 e. The van der Waals surface area contributed by atoms with Crippen LogP contribution in [-0.4, -0.2) is 34.4 Å². The van der Waals surface area contributed by atoms with Gasteiger partial charge in [0.25, 0.3) is 0 Å². The van der Waals surface area contributed by atoms with E-state index in [2.05, 4.69) is 10.5 Å². The van der Waals surface area contributed by atoms with Crippen molar-refractivity contribution in [2.24, 2.45) is 0 Å². The first kappa shape index (κ1) is 12.6. The van der Waals surface area contributed by atoms with Crippen LogP contribution in [0.25, 0.3) is 0 Å². The molecule has 0 spiro atoms. The van der Waals surface area contributed by atoms with Crippen molar-refractivity contribution >= 4 is 24.1 Å². The van der Waals surface area contributed by atoms with Crippen LogP contribution in [0.2, 0.25) is 0 Å². The van der Waals surface area contributed by atoms with E-state index in [1.54, 1.807) is 12.3 Å². The van der Waals surface area contributed by atoms with Gasteiger partial charge in [-0.3, -0.25) is 4.79 Å². The fourth-order valence-electron chi connectivity index (χ4n) is 1.05. The number of rotatable bonds is 8. The summed E-state index contributed by atoms with van der Waals surface area (Å²) in [7, 11) is 0. The smallest absolute Gasteiger partial charge is 0.326 e. The third kappa shape index (κ3) is 4.35. The van der Waals surface area contributed by atoms with Gasteiger partial charge in [-0.15, -0.1) is 0 Å². The van der Waals surface area contributed by atoms with Gasteiger partial charge in [0.1, 0.15) is 11.8 Å². The maximum atomic E-state index is 10.7. The van der Waals surface area contributed by atoms with E-state index in [-0.39, 0.29) is 0 Å². The molecular weight excluding hydrogens is 232 g/mol. The van der Waals surface area contributed by atoms with Crippen LogP contribution >= 0.6 is 11.8 Å². The summed E-state index contributed by atoms with van der Waals surface area (Å²) in [6, 6.07) is 0.936. The predicted molar refractivity (Wildman–Crippen MR) is 57.9 cm³/mol. The van der Waals surface area contributed by atoms with Gasteiger partial charge in [0.05, 0.1) is 11.9 Å². The van der Waals surface area contributed by atoms with Crippen molar-refractivity contribution in [3.63, 3.8) is 0 Å². The van der Waals surface area contributed by atoms with Crippen LogP contribution in [0.1, 0.15) is 12.2 Å². The second-order valence-electron chi connectivity index (χ2n) is 3.00. The molecule has 6 nitrogen and oxygen atoms in total. The highest BCUT2D eigenvalue weighted by Crippen LogP contribution is 2.13. The number of carboxylic acids is 1. The average molecular weight is 244 g/mol. The summed E-state index contributed by atoms with van der Waals surface area (Å²) < 4.78 is 4.88. The lowest BCUT2D eigenvalue weighted by Gasteiger charge is -2.09. The Labute approximate surface area is 96.4 Å². The summed E-state index contributed by atoms with van der Waals surface area (Å²) in [5, 5.41) is 14.5. The Kier molecular flexibility index (Phi) is 5.41. The van der Waals surface area contributed by atoms with Crippen molar-refractivity contribution in [2.45, 2.75) is 18.2 Å². The molecule has 0 bridgehead atoms. The van der Waals surface area contributed by atoms with Gasteiger partial charge in [-0.05, 0) is 12.2 Å². The van der Waals surface area contributed by atoms with Crippen LogP contribution in [0.3, 0.4) is 0 Å². The number of carbonyl (C=O) groups excluding carboxylic acids is 1. The number of aromatic nitrogens is 1. The Morgan fingerprint density at radius 2 is 2.56 bits per heavy atom. The third-order valence-corrected chi connectivity index (χ3v) is 2.87. The van der Waals surface area contributed by atoms with E-state index in [0.29, 0.717) is 24.3 Å². The molecule has 0 aliphatic rings.